The SMILES string of the molecule is COCn1c(=O)c2c(C(=O)OC)c(Cl)n(CCc3ccc([N+](=O)[O-])cc3)c2n(CCl)c1=O. The van der Waals surface area contributed by atoms with Crippen molar-refractivity contribution >= 4 is 45.9 Å². The number of rotatable bonds is 8. The lowest BCUT2D eigenvalue weighted by Crippen LogP contribution is -2.40. The maximum Gasteiger partial charge on any atom is 0.341 e. The molecule has 2 heterocycles. The zero-order chi connectivity index (χ0) is 23.6. The van der Waals surface area contributed by atoms with Gasteiger partial charge in [-0.3, -0.25) is 19.5 Å². The number of aryl methyl sites for hydroxylation is 2. The van der Waals surface area contributed by atoms with Crippen LogP contribution in [0.4, 0.5) is 5.69 Å². The van der Waals surface area contributed by atoms with E-state index in [1.54, 1.807) is 12.1 Å². The van der Waals surface area contributed by atoms with E-state index in [4.69, 9.17) is 32.7 Å². The molecule has 2 aromatic heterocycles. The summed E-state index contributed by atoms with van der Waals surface area (Å²) in [5, 5.41) is 10.6. The molecule has 0 aliphatic rings. The summed E-state index contributed by atoms with van der Waals surface area (Å²) < 4.78 is 13.1. The molecule has 0 N–H and O–H groups in total. The molecule has 0 saturated carbocycles. The Morgan fingerprint density at radius 1 is 1.12 bits per heavy atom. The lowest BCUT2D eigenvalue weighted by molar-refractivity contribution is -0.384. The number of halogens is 2. The molecule has 0 unspecified atom stereocenters. The smallest absolute Gasteiger partial charge is 0.341 e. The molecule has 0 radical (unpaired) electrons. The molecule has 0 atom stereocenters. The minimum absolute atomic E-state index is 0.0548. The maximum atomic E-state index is 13.1. The molecule has 11 nitrogen and oxygen atoms in total. The number of ether oxygens (including phenoxy) is 2. The molecule has 1 aromatic carbocycles. The van der Waals surface area contributed by atoms with Crippen LogP contribution in [-0.2, 0) is 35.2 Å². The Bertz CT molecular complexity index is 1310. The zero-order valence-electron chi connectivity index (χ0n) is 17.0. The quantitative estimate of drug-likeness (QED) is 0.207. The predicted octanol–water partition coefficient (Wildman–Crippen LogP) is 2.36. The Labute approximate surface area is 190 Å². The zero-order valence-corrected chi connectivity index (χ0v) is 18.6. The van der Waals surface area contributed by atoms with Gasteiger partial charge in [-0.15, -0.1) is 11.6 Å². The van der Waals surface area contributed by atoms with Gasteiger partial charge >= 0.3 is 11.7 Å². The number of methoxy groups -OCH3 is 2. The summed E-state index contributed by atoms with van der Waals surface area (Å²) in [6, 6.07) is 5.57. The summed E-state index contributed by atoms with van der Waals surface area (Å²) >= 11 is 12.5. The van der Waals surface area contributed by atoms with Crippen LogP contribution in [0.25, 0.3) is 11.0 Å². The van der Waals surface area contributed by atoms with E-state index < -0.39 is 22.1 Å². The summed E-state index contributed by atoms with van der Waals surface area (Å²) in [6.07, 6.45) is 0.333. The Morgan fingerprint density at radius 2 is 1.78 bits per heavy atom. The fraction of sp³-hybridized carbons (Fsp3) is 0.316. The van der Waals surface area contributed by atoms with Crippen molar-refractivity contribution in [1.82, 2.24) is 13.7 Å². The lowest BCUT2D eigenvalue weighted by Gasteiger charge is -2.13. The number of esters is 1. The Hall–Kier alpha value is -3.15. The average molecular weight is 485 g/mol. The molecule has 0 amide bonds. The number of carbonyl (C=O) groups excluding carboxylic acids is 1. The van der Waals surface area contributed by atoms with Crippen molar-refractivity contribution in [1.29, 1.82) is 0 Å². The first-order chi connectivity index (χ1) is 15.3. The van der Waals surface area contributed by atoms with Crippen LogP contribution in [0.15, 0.2) is 33.9 Å². The van der Waals surface area contributed by atoms with E-state index in [0.29, 0.717) is 6.42 Å². The van der Waals surface area contributed by atoms with Crippen molar-refractivity contribution in [2.75, 3.05) is 14.2 Å². The summed E-state index contributed by atoms with van der Waals surface area (Å²) in [6.45, 7) is -0.203. The lowest BCUT2D eigenvalue weighted by atomic mass is 10.1. The fourth-order valence-corrected chi connectivity index (χ4v) is 3.94. The molecule has 32 heavy (non-hydrogen) atoms. The Morgan fingerprint density at radius 3 is 2.31 bits per heavy atom. The van der Waals surface area contributed by atoms with Crippen LogP contribution in [0.2, 0.25) is 5.15 Å². The highest BCUT2D eigenvalue weighted by atomic mass is 35.5. The number of carbonyl (C=O) groups is 1. The van der Waals surface area contributed by atoms with E-state index in [1.165, 1.54) is 23.8 Å². The van der Waals surface area contributed by atoms with Gasteiger partial charge in [-0.05, 0) is 12.0 Å². The van der Waals surface area contributed by atoms with Gasteiger partial charge in [-0.1, -0.05) is 23.7 Å². The van der Waals surface area contributed by atoms with E-state index in [2.05, 4.69) is 0 Å². The maximum absolute atomic E-state index is 13.1. The molecule has 0 saturated heterocycles. The summed E-state index contributed by atoms with van der Waals surface area (Å²) in [4.78, 5) is 48.7. The molecule has 0 spiro atoms. The van der Waals surface area contributed by atoms with Gasteiger partial charge in [0.2, 0.25) is 0 Å². The third kappa shape index (κ3) is 4.01. The van der Waals surface area contributed by atoms with Crippen LogP contribution < -0.4 is 11.2 Å². The highest BCUT2D eigenvalue weighted by Gasteiger charge is 2.29. The van der Waals surface area contributed by atoms with E-state index in [0.717, 1.165) is 21.8 Å². The highest BCUT2D eigenvalue weighted by Crippen LogP contribution is 2.29. The predicted molar refractivity (Wildman–Crippen MR) is 116 cm³/mol. The largest absolute Gasteiger partial charge is 0.465 e. The normalized spacial score (nSPS) is 11.1. The number of aromatic nitrogens is 3. The van der Waals surface area contributed by atoms with E-state index >= 15 is 0 Å². The van der Waals surface area contributed by atoms with Crippen LogP contribution in [0, 0.1) is 10.1 Å². The summed E-state index contributed by atoms with van der Waals surface area (Å²) in [7, 11) is 2.45. The number of nitrogens with zero attached hydrogens (tertiary/aromatic N) is 4. The van der Waals surface area contributed by atoms with E-state index in [9.17, 15) is 24.5 Å². The molecule has 170 valence electrons. The van der Waals surface area contributed by atoms with Gasteiger partial charge in [0.25, 0.3) is 11.2 Å². The van der Waals surface area contributed by atoms with Crippen molar-refractivity contribution in [2.45, 2.75) is 25.7 Å². The van der Waals surface area contributed by atoms with E-state index in [1.807, 2.05) is 0 Å². The van der Waals surface area contributed by atoms with Crippen molar-refractivity contribution < 1.29 is 19.2 Å². The molecule has 0 bridgehead atoms. The molecule has 0 aliphatic heterocycles. The van der Waals surface area contributed by atoms with Crippen molar-refractivity contribution in [3.8, 4) is 0 Å². The number of alkyl halides is 1. The van der Waals surface area contributed by atoms with Crippen LogP contribution in [-0.4, -0.2) is 38.8 Å². The first-order valence-corrected chi connectivity index (χ1v) is 10.1. The molecule has 3 rings (SSSR count). The molecular weight excluding hydrogens is 467 g/mol. The molecule has 0 aliphatic carbocycles. The second-order valence-corrected chi connectivity index (χ2v) is 7.26. The van der Waals surface area contributed by atoms with Crippen LogP contribution in [0.3, 0.4) is 0 Å². The van der Waals surface area contributed by atoms with Crippen molar-refractivity contribution in [3.63, 3.8) is 0 Å². The third-order valence-electron chi connectivity index (χ3n) is 4.89. The first kappa shape index (κ1) is 23.5. The van der Waals surface area contributed by atoms with Gasteiger partial charge < -0.3 is 14.0 Å². The molecular formula is C19H18Cl2N4O7. The van der Waals surface area contributed by atoms with Gasteiger partial charge in [0, 0.05) is 25.8 Å². The van der Waals surface area contributed by atoms with Gasteiger partial charge in [0.1, 0.15) is 29.1 Å². The number of nitro groups is 1. The minimum Gasteiger partial charge on any atom is -0.465 e. The Balaban J connectivity index is 2.22. The number of hydrogen-bond acceptors (Lipinski definition) is 7. The number of nitro benzene ring substituents is 1. The summed E-state index contributed by atoms with van der Waals surface area (Å²) in [5.74, 6) is -0.852. The first-order valence-electron chi connectivity index (χ1n) is 9.18. The Kier molecular flexibility index (Phi) is 7.02. The number of benzene rings is 1. The van der Waals surface area contributed by atoms with Gasteiger partial charge in [-0.2, -0.15) is 0 Å². The average Bonchev–Trinajstić information content (AvgIpc) is 3.07. The highest BCUT2D eigenvalue weighted by molar-refractivity contribution is 6.35. The van der Waals surface area contributed by atoms with Crippen LogP contribution in [0.1, 0.15) is 15.9 Å². The summed E-state index contributed by atoms with van der Waals surface area (Å²) in [5.41, 5.74) is -0.955. The fourth-order valence-electron chi connectivity index (χ4n) is 3.39. The second-order valence-electron chi connectivity index (χ2n) is 6.66. The van der Waals surface area contributed by atoms with Crippen LogP contribution >= 0.6 is 23.2 Å². The second kappa shape index (κ2) is 9.55. The van der Waals surface area contributed by atoms with Crippen molar-refractivity contribution in [3.05, 3.63) is 71.5 Å². The van der Waals surface area contributed by atoms with Gasteiger partial charge in [0.15, 0.2) is 0 Å². The molecule has 13 heteroatoms. The minimum atomic E-state index is -0.852. The molecule has 3 aromatic rings. The molecule has 0 fully saturated rings. The topological polar surface area (TPSA) is 128 Å². The number of fused-ring (bicyclic) bond motifs is 1. The number of non-ortho nitro benzene ring substituents is 1. The van der Waals surface area contributed by atoms with Crippen molar-refractivity contribution in [2.24, 2.45) is 0 Å². The van der Waals surface area contributed by atoms with Gasteiger partial charge in [0.05, 0.1) is 17.4 Å². The van der Waals surface area contributed by atoms with Crippen LogP contribution in [0.5, 0.6) is 0 Å². The van der Waals surface area contributed by atoms with E-state index in [-0.39, 0.29) is 46.7 Å². The monoisotopic (exact) mass is 484 g/mol. The standard InChI is InChI=1S/C19H18Cl2N4O7/c1-31-10-24-17(26)14-13(18(27)32-2)15(21)22(16(14)23(9-20)19(24)28)8-7-11-3-5-12(6-4-11)25(29)30/h3-6H,7-10H2,1-2H3. The number of hydrogen-bond donors (Lipinski definition) is 0. The van der Waals surface area contributed by atoms with Gasteiger partial charge in [-0.25, -0.2) is 14.2 Å². The third-order valence-corrected chi connectivity index (χ3v) is 5.52.